The summed E-state index contributed by atoms with van der Waals surface area (Å²) in [6.45, 7) is 8.12. The van der Waals surface area contributed by atoms with E-state index in [9.17, 15) is 0 Å². The van der Waals surface area contributed by atoms with Crippen LogP contribution in [0.4, 0.5) is 5.13 Å². The van der Waals surface area contributed by atoms with Crippen LogP contribution in [0.15, 0.2) is 6.20 Å². The third-order valence-corrected chi connectivity index (χ3v) is 4.01. The predicted octanol–water partition coefficient (Wildman–Crippen LogP) is 2.20. The third kappa shape index (κ3) is 2.69. The Labute approximate surface area is 95.3 Å². The lowest BCUT2D eigenvalue weighted by Crippen LogP contribution is -2.20. The lowest BCUT2D eigenvalue weighted by atomic mass is 9.95. The molecule has 3 nitrogen and oxygen atoms in total. The number of hydrogen-bond acceptors (Lipinski definition) is 4. The molecule has 2 rings (SSSR count). The van der Waals surface area contributed by atoms with Crippen molar-refractivity contribution in [2.75, 3.05) is 18.8 Å². The van der Waals surface area contributed by atoms with Gasteiger partial charge in [0.25, 0.3) is 0 Å². The highest BCUT2D eigenvalue weighted by atomic mass is 32.1. The first-order valence-electron chi connectivity index (χ1n) is 5.57. The van der Waals surface area contributed by atoms with Gasteiger partial charge in [-0.05, 0) is 24.8 Å². The van der Waals surface area contributed by atoms with E-state index < -0.39 is 0 Å². The second kappa shape index (κ2) is 4.49. The maximum atomic E-state index is 5.62. The Bertz CT molecular complexity index is 321. The molecule has 0 aromatic carbocycles. The van der Waals surface area contributed by atoms with Crippen LogP contribution in [0.2, 0.25) is 0 Å². The molecule has 0 aliphatic carbocycles. The molecular formula is C11H19N3S. The van der Waals surface area contributed by atoms with E-state index in [0.29, 0.717) is 5.13 Å². The minimum atomic E-state index is 0.685. The van der Waals surface area contributed by atoms with Crippen molar-refractivity contribution in [1.82, 2.24) is 9.88 Å². The minimum absolute atomic E-state index is 0.685. The van der Waals surface area contributed by atoms with E-state index in [2.05, 4.69) is 23.7 Å². The molecule has 2 N–H and O–H groups in total. The largest absolute Gasteiger partial charge is 0.375 e. The molecule has 0 radical (unpaired) electrons. The summed E-state index contributed by atoms with van der Waals surface area (Å²) in [5, 5.41) is 0.685. The van der Waals surface area contributed by atoms with Gasteiger partial charge in [-0.15, -0.1) is 11.3 Å². The Morgan fingerprint density at radius 2 is 2.47 bits per heavy atom. The van der Waals surface area contributed by atoms with Gasteiger partial charge in [0, 0.05) is 24.2 Å². The molecule has 1 aromatic rings. The van der Waals surface area contributed by atoms with Gasteiger partial charge in [0.15, 0.2) is 5.13 Å². The van der Waals surface area contributed by atoms with Crippen LogP contribution < -0.4 is 5.73 Å². The molecule has 0 amide bonds. The highest BCUT2D eigenvalue weighted by molar-refractivity contribution is 7.15. The first kappa shape index (κ1) is 10.9. The van der Waals surface area contributed by atoms with E-state index in [0.717, 1.165) is 18.4 Å². The van der Waals surface area contributed by atoms with Crippen LogP contribution in [0.5, 0.6) is 0 Å². The lowest BCUT2D eigenvalue weighted by molar-refractivity contribution is 0.299. The van der Waals surface area contributed by atoms with Crippen LogP contribution in [0.1, 0.15) is 25.1 Å². The van der Waals surface area contributed by atoms with Gasteiger partial charge in [0.1, 0.15) is 0 Å². The maximum Gasteiger partial charge on any atom is 0.180 e. The first-order chi connectivity index (χ1) is 7.15. The molecule has 84 valence electrons. The summed E-state index contributed by atoms with van der Waals surface area (Å²) in [7, 11) is 0. The molecule has 1 aromatic heterocycles. The fourth-order valence-electron chi connectivity index (χ4n) is 2.17. The van der Waals surface area contributed by atoms with Crippen LogP contribution >= 0.6 is 11.3 Å². The van der Waals surface area contributed by atoms with E-state index in [4.69, 9.17) is 5.73 Å². The Morgan fingerprint density at radius 3 is 3.00 bits per heavy atom. The van der Waals surface area contributed by atoms with Crippen LogP contribution in [-0.4, -0.2) is 23.0 Å². The zero-order valence-corrected chi connectivity index (χ0v) is 10.3. The van der Waals surface area contributed by atoms with E-state index in [-0.39, 0.29) is 0 Å². The Morgan fingerprint density at radius 1 is 1.67 bits per heavy atom. The lowest BCUT2D eigenvalue weighted by Gasteiger charge is -2.16. The summed E-state index contributed by atoms with van der Waals surface area (Å²) >= 11 is 1.61. The number of likely N-dealkylation sites (tertiary alicyclic amines) is 1. The molecule has 1 aliphatic heterocycles. The van der Waals surface area contributed by atoms with Gasteiger partial charge in [-0.3, -0.25) is 4.90 Å². The number of nitrogen functional groups attached to an aromatic ring is 1. The monoisotopic (exact) mass is 225 g/mol. The molecule has 0 bridgehead atoms. The highest BCUT2D eigenvalue weighted by Gasteiger charge is 2.24. The van der Waals surface area contributed by atoms with E-state index in [1.165, 1.54) is 24.4 Å². The molecule has 1 saturated heterocycles. The minimum Gasteiger partial charge on any atom is -0.375 e. The quantitative estimate of drug-likeness (QED) is 0.857. The Hall–Kier alpha value is -0.610. The fraction of sp³-hybridized carbons (Fsp3) is 0.727. The molecule has 1 unspecified atom stereocenters. The van der Waals surface area contributed by atoms with Crippen molar-refractivity contribution in [3.05, 3.63) is 11.1 Å². The summed E-state index contributed by atoms with van der Waals surface area (Å²) < 4.78 is 0. The van der Waals surface area contributed by atoms with Crippen molar-refractivity contribution in [2.24, 2.45) is 11.8 Å². The molecule has 15 heavy (non-hydrogen) atoms. The molecule has 1 aliphatic rings. The topological polar surface area (TPSA) is 42.2 Å². The summed E-state index contributed by atoms with van der Waals surface area (Å²) in [4.78, 5) is 7.88. The standard InChI is InChI=1S/C11H19N3S/c1-8(2)9-3-4-14(6-9)7-10-5-13-11(12)15-10/h5,8-9H,3-4,6-7H2,1-2H3,(H2,12,13). The van der Waals surface area contributed by atoms with Crippen LogP contribution in [0.25, 0.3) is 0 Å². The first-order valence-corrected chi connectivity index (χ1v) is 6.39. The fourth-order valence-corrected chi connectivity index (χ4v) is 2.89. The van der Waals surface area contributed by atoms with Crippen molar-refractivity contribution in [3.8, 4) is 0 Å². The maximum absolute atomic E-state index is 5.62. The second-order valence-corrected chi connectivity index (χ2v) is 5.84. The number of nitrogens with zero attached hydrogens (tertiary/aromatic N) is 2. The average Bonchev–Trinajstić information content (AvgIpc) is 2.76. The molecular weight excluding hydrogens is 206 g/mol. The molecule has 1 atom stereocenters. The smallest absolute Gasteiger partial charge is 0.180 e. The van der Waals surface area contributed by atoms with E-state index >= 15 is 0 Å². The van der Waals surface area contributed by atoms with Gasteiger partial charge in [-0.2, -0.15) is 0 Å². The number of rotatable bonds is 3. The predicted molar refractivity (Wildman–Crippen MR) is 64.7 cm³/mol. The Kier molecular flexibility index (Phi) is 3.26. The highest BCUT2D eigenvalue weighted by Crippen LogP contribution is 2.26. The van der Waals surface area contributed by atoms with Gasteiger partial charge in [-0.25, -0.2) is 4.98 Å². The normalized spacial score (nSPS) is 22.7. The second-order valence-electron chi connectivity index (χ2n) is 4.69. The summed E-state index contributed by atoms with van der Waals surface area (Å²) in [5.74, 6) is 1.68. The van der Waals surface area contributed by atoms with Crippen molar-refractivity contribution in [3.63, 3.8) is 0 Å². The summed E-state index contributed by atoms with van der Waals surface area (Å²) in [5.41, 5.74) is 5.62. The van der Waals surface area contributed by atoms with E-state index in [1.54, 1.807) is 11.3 Å². The SMILES string of the molecule is CC(C)C1CCN(Cc2cnc(N)s2)C1. The number of anilines is 1. The molecule has 4 heteroatoms. The van der Waals surface area contributed by atoms with Gasteiger partial charge in [-0.1, -0.05) is 13.8 Å². The number of thiazole rings is 1. The van der Waals surface area contributed by atoms with Crippen molar-refractivity contribution in [1.29, 1.82) is 0 Å². The van der Waals surface area contributed by atoms with Gasteiger partial charge in [0.2, 0.25) is 0 Å². The molecule has 0 saturated carbocycles. The van der Waals surface area contributed by atoms with Crippen molar-refractivity contribution in [2.45, 2.75) is 26.8 Å². The zero-order valence-electron chi connectivity index (χ0n) is 9.44. The van der Waals surface area contributed by atoms with Gasteiger partial charge < -0.3 is 5.73 Å². The van der Waals surface area contributed by atoms with E-state index in [1.807, 2.05) is 6.20 Å². The molecule has 1 fully saturated rings. The number of aromatic nitrogens is 1. The molecule has 0 spiro atoms. The van der Waals surface area contributed by atoms with Gasteiger partial charge >= 0.3 is 0 Å². The summed E-state index contributed by atoms with van der Waals surface area (Å²) in [6.07, 6.45) is 3.24. The van der Waals surface area contributed by atoms with Crippen LogP contribution in [0, 0.1) is 11.8 Å². The number of hydrogen-bond donors (Lipinski definition) is 1. The molecule has 2 heterocycles. The average molecular weight is 225 g/mol. The number of nitrogens with two attached hydrogens (primary N) is 1. The van der Waals surface area contributed by atoms with Crippen LogP contribution in [-0.2, 0) is 6.54 Å². The third-order valence-electron chi connectivity index (χ3n) is 3.20. The van der Waals surface area contributed by atoms with Gasteiger partial charge in [0.05, 0.1) is 0 Å². The van der Waals surface area contributed by atoms with Crippen LogP contribution in [0.3, 0.4) is 0 Å². The zero-order chi connectivity index (χ0) is 10.8. The summed E-state index contributed by atoms with van der Waals surface area (Å²) in [6, 6.07) is 0. The Balaban J connectivity index is 1.87. The van der Waals surface area contributed by atoms with Crippen molar-refractivity contribution < 1.29 is 0 Å². The van der Waals surface area contributed by atoms with Crippen molar-refractivity contribution >= 4 is 16.5 Å².